The second kappa shape index (κ2) is 7.05. The molecule has 2 bridgehead atoms. The molecule has 3 fully saturated rings. The average Bonchev–Trinajstić information content (AvgIpc) is 2.74. The first-order chi connectivity index (χ1) is 13.6. The standard InChI is InChI=1S/C19H19N5O4/c1-27-16-3-2-14-17(21-16)13(15(10-20)23-22-14)6-9-24(18(25)26)19-7-4-12(5-8-19)28-11-19/h2-3,6,9,12H,4-5,7-8,11H2,1H3,(H,25,26). The highest BCUT2D eigenvalue weighted by atomic mass is 16.5. The lowest BCUT2D eigenvalue weighted by molar-refractivity contribution is -0.115. The highest BCUT2D eigenvalue weighted by molar-refractivity contribution is 5.86. The van der Waals surface area contributed by atoms with Crippen LogP contribution in [0.25, 0.3) is 17.1 Å². The van der Waals surface area contributed by atoms with E-state index in [9.17, 15) is 15.2 Å². The molecular formula is C19H19N5O4. The molecule has 2 aromatic heterocycles. The Morgan fingerprint density at radius 1 is 1.43 bits per heavy atom. The molecule has 3 aliphatic rings. The van der Waals surface area contributed by atoms with Gasteiger partial charge in [0, 0.05) is 17.8 Å². The monoisotopic (exact) mass is 381 g/mol. The van der Waals surface area contributed by atoms with Gasteiger partial charge in [0.25, 0.3) is 0 Å². The number of rotatable bonds is 4. The van der Waals surface area contributed by atoms with Crippen LogP contribution >= 0.6 is 0 Å². The number of pyridine rings is 1. The second-order valence-electron chi connectivity index (χ2n) is 7.00. The Bertz CT molecular complexity index is 978. The zero-order valence-electron chi connectivity index (χ0n) is 15.3. The number of nitriles is 1. The molecule has 2 saturated heterocycles. The summed E-state index contributed by atoms with van der Waals surface area (Å²) in [5.74, 6) is 0.367. The average molecular weight is 381 g/mol. The van der Waals surface area contributed by atoms with E-state index in [4.69, 9.17) is 9.47 Å². The molecule has 1 aliphatic carbocycles. The van der Waals surface area contributed by atoms with Gasteiger partial charge in [0.05, 0.1) is 25.4 Å². The molecule has 28 heavy (non-hydrogen) atoms. The fraction of sp³-hybridized carbons (Fsp3) is 0.421. The Morgan fingerprint density at radius 2 is 2.21 bits per heavy atom. The summed E-state index contributed by atoms with van der Waals surface area (Å²) in [6, 6.07) is 5.33. The van der Waals surface area contributed by atoms with Crippen LogP contribution in [0.3, 0.4) is 0 Å². The number of hydrogen-bond donors (Lipinski definition) is 1. The van der Waals surface area contributed by atoms with Crippen molar-refractivity contribution in [3.05, 3.63) is 29.6 Å². The summed E-state index contributed by atoms with van der Waals surface area (Å²) in [4.78, 5) is 17.7. The van der Waals surface area contributed by atoms with Gasteiger partial charge in [-0.15, -0.1) is 10.2 Å². The number of nitrogens with zero attached hydrogens (tertiary/aromatic N) is 5. The zero-order chi connectivity index (χ0) is 19.7. The molecule has 4 heterocycles. The number of amides is 1. The van der Waals surface area contributed by atoms with Crippen LogP contribution in [0.15, 0.2) is 18.3 Å². The van der Waals surface area contributed by atoms with E-state index in [1.807, 2.05) is 6.07 Å². The number of carbonyl (C=O) groups is 1. The van der Waals surface area contributed by atoms with Crippen molar-refractivity contribution >= 4 is 23.2 Å². The van der Waals surface area contributed by atoms with Crippen LogP contribution in [-0.2, 0) is 4.74 Å². The van der Waals surface area contributed by atoms with Crippen molar-refractivity contribution in [3.63, 3.8) is 0 Å². The highest BCUT2D eigenvalue weighted by Gasteiger charge is 2.47. The van der Waals surface area contributed by atoms with Gasteiger partial charge in [-0.3, -0.25) is 4.90 Å². The largest absolute Gasteiger partial charge is 0.481 e. The van der Waals surface area contributed by atoms with Crippen LogP contribution in [0.1, 0.15) is 36.9 Å². The molecule has 2 aromatic rings. The number of aromatic nitrogens is 3. The predicted molar refractivity (Wildman–Crippen MR) is 98.4 cm³/mol. The quantitative estimate of drug-likeness (QED) is 0.857. The third-order valence-corrected chi connectivity index (χ3v) is 5.49. The third kappa shape index (κ3) is 3.01. The van der Waals surface area contributed by atoms with Gasteiger partial charge in [0.2, 0.25) is 5.88 Å². The zero-order valence-corrected chi connectivity index (χ0v) is 15.3. The van der Waals surface area contributed by atoms with Crippen molar-refractivity contribution in [1.29, 1.82) is 5.26 Å². The van der Waals surface area contributed by atoms with Crippen LogP contribution in [-0.4, -0.2) is 56.6 Å². The molecule has 0 spiro atoms. The SMILES string of the molecule is COc1ccc2nnc(C#N)c(C=CN(C(=O)O)C34CCC(CC3)OC4)c2n1. The van der Waals surface area contributed by atoms with Gasteiger partial charge in [-0.25, -0.2) is 9.78 Å². The van der Waals surface area contributed by atoms with E-state index < -0.39 is 11.6 Å². The molecule has 9 heteroatoms. The topological polar surface area (TPSA) is 121 Å². The first kappa shape index (κ1) is 18.1. The van der Waals surface area contributed by atoms with Crippen molar-refractivity contribution in [1.82, 2.24) is 20.1 Å². The lowest BCUT2D eigenvalue weighted by Crippen LogP contribution is -2.58. The maximum atomic E-state index is 12.0. The van der Waals surface area contributed by atoms with Crippen LogP contribution in [0.4, 0.5) is 4.79 Å². The minimum atomic E-state index is -1.06. The van der Waals surface area contributed by atoms with E-state index in [1.165, 1.54) is 18.2 Å². The predicted octanol–water partition coefficient (Wildman–Crippen LogP) is 2.57. The van der Waals surface area contributed by atoms with Gasteiger partial charge < -0.3 is 14.6 Å². The van der Waals surface area contributed by atoms with Crippen molar-refractivity contribution in [2.24, 2.45) is 0 Å². The Hall–Kier alpha value is -3.25. The van der Waals surface area contributed by atoms with Gasteiger partial charge in [-0.05, 0) is 37.8 Å². The molecule has 1 amide bonds. The normalized spacial score (nSPS) is 23.6. The van der Waals surface area contributed by atoms with Crippen LogP contribution < -0.4 is 4.74 Å². The van der Waals surface area contributed by atoms with Crippen molar-refractivity contribution in [2.75, 3.05) is 13.7 Å². The van der Waals surface area contributed by atoms with Crippen molar-refractivity contribution in [3.8, 4) is 11.9 Å². The summed E-state index contributed by atoms with van der Waals surface area (Å²) < 4.78 is 10.9. The number of fused-ring (bicyclic) bond motifs is 4. The summed E-state index contributed by atoms with van der Waals surface area (Å²) in [5.41, 5.74) is 0.802. The van der Waals surface area contributed by atoms with Gasteiger partial charge in [-0.2, -0.15) is 5.26 Å². The van der Waals surface area contributed by atoms with Crippen molar-refractivity contribution < 1.29 is 19.4 Å². The summed E-state index contributed by atoms with van der Waals surface area (Å²) in [7, 11) is 1.49. The Labute approximate surface area is 161 Å². The molecule has 0 atom stereocenters. The fourth-order valence-corrected chi connectivity index (χ4v) is 3.93. The van der Waals surface area contributed by atoms with E-state index in [0.29, 0.717) is 29.1 Å². The third-order valence-electron chi connectivity index (χ3n) is 5.49. The molecule has 1 saturated carbocycles. The van der Waals surface area contributed by atoms with Gasteiger partial charge in [-0.1, -0.05) is 0 Å². The van der Waals surface area contributed by atoms with Crippen LogP contribution in [0, 0.1) is 11.3 Å². The fourth-order valence-electron chi connectivity index (χ4n) is 3.93. The van der Waals surface area contributed by atoms with Crippen molar-refractivity contribution in [2.45, 2.75) is 37.3 Å². The molecule has 5 rings (SSSR count). The molecular weight excluding hydrogens is 362 g/mol. The van der Waals surface area contributed by atoms with E-state index in [2.05, 4.69) is 15.2 Å². The molecule has 9 nitrogen and oxygen atoms in total. The van der Waals surface area contributed by atoms with E-state index in [0.717, 1.165) is 25.7 Å². The lowest BCUT2D eigenvalue weighted by Gasteiger charge is -2.50. The van der Waals surface area contributed by atoms with Gasteiger partial charge in [0.1, 0.15) is 17.1 Å². The molecule has 144 valence electrons. The van der Waals surface area contributed by atoms with E-state index >= 15 is 0 Å². The minimum absolute atomic E-state index is 0.0657. The van der Waals surface area contributed by atoms with Crippen LogP contribution in [0.2, 0.25) is 0 Å². The van der Waals surface area contributed by atoms with Gasteiger partial charge in [0.15, 0.2) is 5.69 Å². The van der Waals surface area contributed by atoms with Crippen LogP contribution in [0.5, 0.6) is 5.88 Å². The second-order valence-corrected chi connectivity index (χ2v) is 7.00. The Balaban J connectivity index is 1.78. The summed E-state index contributed by atoms with van der Waals surface area (Å²) >= 11 is 0. The minimum Gasteiger partial charge on any atom is -0.481 e. The summed E-state index contributed by atoms with van der Waals surface area (Å²) in [6.45, 7) is 0.376. The maximum Gasteiger partial charge on any atom is 0.411 e. The number of carboxylic acid groups (broad SMARTS) is 1. The Morgan fingerprint density at radius 3 is 2.82 bits per heavy atom. The van der Waals surface area contributed by atoms with E-state index in [-0.39, 0.29) is 11.8 Å². The maximum absolute atomic E-state index is 12.0. The molecule has 0 radical (unpaired) electrons. The Kier molecular flexibility index (Phi) is 4.57. The first-order valence-electron chi connectivity index (χ1n) is 9.00. The summed E-state index contributed by atoms with van der Waals surface area (Å²) in [6.07, 6.45) is 5.41. The molecule has 1 N–H and O–H groups in total. The number of ether oxygens (including phenoxy) is 2. The molecule has 0 unspecified atom stereocenters. The van der Waals surface area contributed by atoms with Gasteiger partial charge >= 0.3 is 6.09 Å². The smallest absolute Gasteiger partial charge is 0.411 e. The molecule has 0 aromatic carbocycles. The summed E-state index contributed by atoms with van der Waals surface area (Å²) in [5, 5.41) is 27.2. The highest BCUT2D eigenvalue weighted by Crippen LogP contribution is 2.41. The molecule has 2 aliphatic heterocycles. The first-order valence-corrected chi connectivity index (χ1v) is 9.00. The lowest BCUT2D eigenvalue weighted by atomic mass is 9.77. The number of methoxy groups -OCH3 is 1. The number of hydrogen-bond acceptors (Lipinski definition) is 7. The van der Waals surface area contributed by atoms with E-state index in [1.54, 1.807) is 18.2 Å².